The largest absolute Gasteiger partial charge is 0.468 e. The molecule has 0 saturated heterocycles. The highest BCUT2D eigenvalue weighted by atomic mass is 16.5. The third kappa shape index (κ3) is 2.29. The zero-order valence-corrected chi connectivity index (χ0v) is 7.73. The van der Waals surface area contributed by atoms with Gasteiger partial charge in [0.2, 0.25) is 0 Å². The number of carbonyl (C=O) groups is 1. The predicted molar refractivity (Wildman–Crippen MR) is 46.8 cm³/mol. The van der Waals surface area contributed by atoms with Crippen LogP contribution in [-0.4, -0.2) is 22.6 Å². The Bertz CT molecular complexity index is 293. The van der Waals surface area contributed by atoms with E-state index in [0.29, 0.717) is 0 Å². The van der Waals surface area contributed by atoms with E-state index in [1.807, 2.05) is 6.92 Å². The zero-order valence-electron chi connectivity index (χ0n) is 7.73. The highest BCUT2D eigenvalue weighted by Gasteiger charge is 2.09. The summed E-state index contributed by atoms with van der Waals surface area (Å²) in [5, 5.41) is 0. The molecule has 1 atom stereocenters. The minimum absolute atomic E-state index is 0.132. The van der Waals surface area contributed by atoms with Gasteiger partial charge in [0.05, 0.1) is 19.1 Å². The smallest absolute Gasteiger partial charge is 0.325 e. The van der Waals surface area contributed by atoms with Crippen molar-refractivity contribution in [2.24, 2.45) is 5.73 Å². The molecule has 0 bridgehead atoms. The van der Waals surface area contributed by atoms with Crippen LogP contribution in [0.25, 0.3) is 0 Å². The summed E-state index contributed by atoms with van der Waals surface area (Å²) in [7, 11) is 1.35. The van der Waals surface area contributed by atoms with Gasteiger partial charge >= 0.3 is 5.97 Å². The van der Waals surface area contributed by atoms with E-state index in [1.54, 1.807) is 17.1 Å². The molecule has 0 spiro atoms. The molecule has 0 fully saturated rings. The molecule has 1 aromatic rings. The van der Waals surface area contributed by atoms with Gasteiger partial charge in [0.15, 0.2) is 0 Å². The van der Waals surface area contributed by atoms with E-state index in [4.69, 9.17) is 5.73 Å². The molecule has 1 rings (SSSR count). The Morgan fingerprint density at radius 3 is 3.08 bits per heavy atom. The Labute approximate surface area is 76.5 Å². The molecule has 0 aliphatic heterocycles. The van der Waals surface area contributed by atoms with Gasteiger partial charge in [0, 0.05) is 12.2 Å². The molecule has 2 N–H and O–H groups in total. The number of hydrogen-bond donors (Lipinski definition) is 1. The number of ether oxygens (including phenoxy) is 1. The molecule has 0 unspecified atom stereocenters. The van der Waals surface area contributed by atoms with Gasteiger partial charge in [-0.25, -0.2) is 4.98 Å². The predicted octanol–water partition coefficient (Wildman–Crippen LogP) is 0.0758. The van der Waals surface area contributed by atoms with Crippen molar-refractivity contribution in [3.05, 3.63) is 18.2 Å². The monoisotopic (exact) mass is 183 g/mol. The third-order valence-electron chi connectivity index (χ3n) is 1.74. The highest BCUT2D eigenvalue weighted by molar-refractivity contribution is 5.69. The minimum atomic E-state index is -0.306. The van der Waals surface area contributed by atoms with E-state index >= 15 is 0 Å². The lowest BCUT2D eigenvalue weighted by Crippen LogP contribution is -2.17. The average Bonchev–Trinajstić information content (AvgIpc) is 2.52. The van der Waals surface area contributed by atoms with Crippen LogP contribution in [0.3, 0.4) is 0 Å². The quantitative estimate of drug-likeness (QED) is 0.673. The van der Waals surface area contributed by atoms with Gasteiger partial charge < -0.3 is 15.0 Å². The summed E-state index contributed by atoms with van der Waals surface area (Å²) in [6, 6.07) is -0.132. The SMILES string of the molecule is COC(=O)Cn1cncc1[C@@H](C)N. The van der Waals surface area contributed by atoms with Crippen molar-refractivity contribution in [1.29, 1.82) is 0 Å². The molecule has 5 nitrogen and oxygen atoms in total. The summed E-state index contributed by atoms with van der Waals surface area (Å²) in [6.07, 6.45) is 3.21. The topological polar surface area (TPSA) is 70.1 Å². The Hall–Kier alpha value is -1.36. The van der Waals surface area contributed by atoms with Crippen molar-refractivity contribution in [3.63, 3.8) is 0 Å². The summed E-state index contributed by atoms with van der Waals surface area (Å²) in [5.41, 5.74) is 6.49. The van der Waals surface area contributed by atoms with Crippen LogP contribution in [0, 0.1) is 0 Å². The lowest BCUT2D eigenvalue weighted by molar-refractivity contribution is -0.141. The molecule has 72 valence electrons. The molecule has 0 amide bonds. The maximum Gasteiger partial charge on any atom is 0.325 e. The second-order valence-electron chi connectivity index (χ2n) is 2.81. The second-order valence-corrected chi connectivity index (χ2v) is 2.81. The Balaban J connectivity index is 2.76. The fraction of sp³-hybridized carbons (Fsp3) is 0.500. The van der Waals surface area contributed by atoms with E-state index in [9.17, 15) is 4.79 Å². The number of methoxy groups -OCH3 is 1. The summed E-state index contributed by atoms with van der Waals surface area (Å²) < 4.78 is 6.21. The number of carbonyl (C=O) groups excluding carboxylic acids is 1. The van der Waals surface area contributed by atoms with Crippen LogP contribution in [0.5, 0.6) is 0 Å². The van der Waals surface area contributed by atoms with Gasteiger partial charge in [-0.15, -0.1) is 0 Å². The fourth-order valence-corrected chi connectivity index (χ4v) is 1.05. The molecule has 0 radical (unpaired) electrons. The van der Waals surface area contributed by atoms with Crippen molar-refractivity contribution >= 4 is 5.97 Å². The van der Waals surface area contributed by atoms with Crippen molar-refractivity contribution < 1.29 is 9.53 Å². The van der Waals surface area contributed by atoms with E-state index in [0.717, 1.165) is 5.69 Å². The molecule has 1 heterocycles. The lowest BCUT2D eigenvalue weighted by Gasteiger charge is -2.08. The van der Waals surface area contributed by atoms with Crippen molar-refractivity contribution in [2.75, 3.05) is 7.11 Å². The molecular weight excluding hydrogens is 170 g/mol. The van der Waals surface area contributed by atoms with E-state index in [1.165, 1.54) is 7.11 Å². The maximum atomic E-state index is 10.9. The molecule has 1 aromatic heterocycles. The number of aromatic nitrogens is 2. The third-order valence-corrected chi connectivity index (χ3v) is 1.74. The number of nitrogens with zero attached hydrogens (tertiary/aromatic N) is 2. The molecule has 0 aliphatic rings. The number of nitrogens with two attached hydrogens (primary N) is 1. The number of hydrogen-bond acceptors (Lipinski definition) is 4. The standard InChI is InChI=1S/C8H13N3O2/c1-6(9)7-3-10-5-11(7)4-8(12)13-2/h3,5-6H,4,9H2,1-2H3/t6-/m1/s1. The normalized spacial score (nSPS) is 12.5. The number of rotatable bonds is 3. The molecule has 13 heavy (non-hydrogen) atoms. The van der Waals surface area contributed by atoms with Crippen LogP contribution in [0.15, 0.2) is 12.5 Å². The summed E-state index contributed by atoms with van der Waals surface area (Å²) in [5.74, 6) is -0.306. The van der Waals surface area contributed by atoms with Crippen LogP contribution in [0.1, 0.15) is 18.7 Å². The van der Waals surface area contributed by atoms with Crippen LogP contribution in [0.4, 0.5) is 0 Å². The minimum Gasteiger partial charge on any atom is -0.468 e. The zero-order chi connectivity index (χ0) is 9.84. The fourth-order valence-electron chi connectivity index (χ4n) is 1.05. The van der Waals surface area contributed by atoms with Crippen LogP contribution >= 0.6 is 0 Å². The van der Waals surface area contributed by atoms with Gasteiger partial charge in [0.25, 0.3) is 0 Å². The van der Waals surface area contributed by atoms with E-state index < -0.39 is 0 Å². The van der Waals surface area contributed by atoms with Gasteiger partial charge in [0.1, 0.15) is 6.54 Å². The Morgan fingerprint density at radius 2 is 2.54 bits per heavy atom. The number of esters is 1. The van der Waals surface area contributed by atoms with Crippen LogP contribution in [-0.2, 0) is 16.1 Å². The van der Waals surface area contributed by atoms with Crippen molar-refractivity contribution in [3.8, 4) is 0 Å². The molecular formula is C8H13N3O2. The van der Waals surface area contributed by atoms with Crippen LogP contribution < -0.4 is 5.73 Å². The summed E-state index contributed by atoms with van der Waals surface area (Å²) in [6.45, 7) is 2.00. The van der Waals surface area contributed by atoms with Gasteiger partial charge in [-0.1, -0.05) is 0 Å². The van der Waals surface area contributed by atoms with E-state index in [2.05, 4.69) is 9.72 Å². The molecule has 0 aliphatic carbocycles. The maximum absolute atomic E-state index is 10.9. The lowest BCUT2D eigenvalue weighted by atomic mass is 10.3. The van der Waals surface area contributed by atoms with Crippen LogP contribution in [0.2, 0.25) is 0 Å². The van der Waals surface area contributed by atoms with Crippen molar-refractivity contribution in [1.82, 2.24) is 9.55 Å². The first-order valence-electron chi connectivity index (χ1n) is 3.97. The number of imidazole rings is 1. The molecule has 5 heteroatoms. The first kappa shape index (κ1) is 9.73. The molecule has 0 aromatic carbocycles. The Morgan fingerprint density at radius 1 is 1.85 bits per heavy atom. The van der Waals surface area contributed by atoms with Gasteiger partial charge in [-0.05, 0) is 6.92 Å². The van der Waals surface area contributed by atoms with Gasteiger partial charge in [-0.3, -0.25) is 4.79 Å². The van der Waals surface area contributed by atoms with Gasteiger partial charge in [-0.2, -0.15) is 0 Å². The van der Waals surface area contributed by atoms with Crippen molar-refractivity contribution in [2.45, 2.75) is 19.5 Å². The summed E-state index contributed by atoms with van der Waals surface area (Å²) >= 11 is 0. The first-order valence-corrected chi connectivity index (χ1v) is 3.97. The van der Waals surface area contributed by atoms with E-state index in [-0.39, 0.29) is 18.6 Å². The second kappa shape index (κ2) is 4.04. The molecule has 0 saturated carbocycles. The Kier molecular flexibility index (Phi) is 3.02. The highest BCUT2D eigenvalue weighted by Crippen LogP contribution is 2.08. The first-order chi connectivity index (χ1) is 6.15. The average molecular weight is 183 g/mol. The summed E-state index contributed by atoms with van der Waals surface area (Å²) in [4.78, 5) is 14.8.